The highest BCUT2D eigenvalue weighted by molar-refractivity contribution is 9.10. The van der Waals surface area contributed by atoms with Gasteiger partial charge in [0, 0.05) is 11.3 Å². The van der Waals surface area contributed by atoms with E-state index in [0.717, 1.165) is 21.3 Å². The van der Waals surface area contributed by atoms with Gasteiger partial charge in [0.2, 0.25) is 5.95 Å². The van der Waals surface area contributed by atoms with Crippen LogP contribution in [0.5, 0.6) is 11.5 Å². The fraction of sp³-hybridized carbons (Fsp3) is 0.292. The minimum atomic E-state index is -0.424. The number of nitrogens with zero attached hydrogens (tertiary/aromatic N) is 3. The molecule has 1 unspecified atom stereocenters. The highest BCUT2D eigenvalue weighted by Crippen LogP contribution is 2.43. The van der Waals surface area contributed by atoms with Crippen LogP contribution in [0.15, 0.2) is 58.5 Å². The number of allylic oxidation sites excluding steroid dienone is 2. The van der Waals surface area contributed by atoms with Crippen LogP contribution in [0.25, 0.3) is 0 Å². The van der Waals surface area contributed by atoms with E-state index in [2.05, 4.69) is 50.4 Å². The van der Waals surface area contributed by atoms with Gasteiger partial charge in [-0.1, -0.05) is 29.8 Å². The van der Waals surface area contributed by atoms with E-state index >= 15 is 0 Å². The number of carbonyl (C=O) groups excluding carboxylic acids is 1. The molecule has 0 saturated carbocycles. The molecule has 4 rings (SSSR count). The zero-order valence-electron chi connectivity index (χ0n) is 18.5. The number of ether oxygens (including phenoxy) is 2. The van der Waals surface area contributed by atoms with Crippen LogP contribution in [0, 0.1) is 6.92 Å². The summed E-state index contributed by atoms with van der Waals surface area (Å²) in [6, 6.07) is 11.6. The first kappa shape index (κ1) is 22.1. The number of aromatic nitrogens is 3. The number of hydrogen-bond donors (Lipinski definition) is 1. The number of aryl methyl sites for hydroxylation is 1. The molecule has 1 aliphatic rings. The minimum Gasteiger partial charge on any atom is -0.490 e. The van der Waals surface area contributed by atoms with Crippen LogP contribution in [0.2, 0.25) is 0 Å². The molecule has 1 atom stereocenters. The number of benzene rings is 2. The van der Waals surface area contributed by atoms with Crippen molar-refractivity contribution in [2.75, 3.05) is 11.9 Å². The van der Waals surface area contributed by atoms with E-state index in [9.17, 15) is 4.79 Å². The van der Waals surface area contributed by atoms with E-state index in [1.54, 1.807) is 11.6 Å². The van der Waals surface area contributed by atoms with Gasteiger partial charge in [-0.15, -0.1) is 0 Å². The maximum absolute atomic E-state index is 12.5. The maximum atomic E-state index is 12.5. The molecule has 2 heterocycles. The number of fused-ring (bicyclic) bond motifs is 1. The zero-order valence-corrected chi connectivity index (χ0v) is 20.1. The summed E-state index contributed by atoms with van der Waals surface area (Å²) in [7, 11) is 0. The molecule has 166 valence electrons. The summed E-state index contributed by atoms with van der Waals surface area (Å²) in [5.74, 6) is 1.78. The molecule has 0 saturated heterocycles. The predicted molar refractivity (Wildman–Crippen MR) is 126 cm³/mol. The predicted octanol–water partition coefficient (Wildman–Crippen LogP) is 5.20. The van der Waals surface area contributed by atoms with E-state index in [-0.39, 0.29) is 5.78 Å². The SMILES string of the molecule is CCOc1cc(C2C(C(C)=O)=C(C)Nc3ncnn32)cc(Br)c1OCc1cccc(C)c1. The highest BCUT2D eigenvalue weighted by Gasteiger charge is 2.32. The van der Waals surface area contributed by atoms with Gasteiger partial charge in [0.25, 0.3) is 0 Å². The van der Waals surface area contributed by atoms with Crippen molar-refractivity contribution in [3.63, 3.8) is 0 Å². The number of rotatable bonds is 7. The van der Waals surface area contributed by atoms with Gasteiger partial charge in [-0.25, -0.2) is 4.68 Å². The van der Waals surface area contributed by atoms with Gasteiger partial charge in [0.15, 0.2) is 17.3 Å². The van der Waals surface area contributed by atoms with Gasteiger partial charge in [0.1, 0.15) is 19.0 Å². The largest absolute Gasteiger partial charge is 0.490 e. The van der Waals surface area contributed by atoms with Crippen molar-refractivity contribution in [3.05, 3.63) is 75.2 Å². The van der Waals surface area contributed by atoms with Crippen molar-refractivity contribution in [1.29, 1.82) is 0 Å². The molecule has 0 bridgehead atoms. The Hall–Kier alpha value is -3.13. The van der Waals surface area contributed by atoms with Gasteiger partial charge in [-0.3, -0.25) is 4.79 Å². The Kier molecular flexibility index (Phi) is 6.32. The van der Waals surface area contributed by atoms with Crippen molar-refractivity contribution in [3.8, 4) is 11.5 Å². The summed E-state index contributed by atoms with van der Waals surface area (Å²) in [5, 5.41) is 7.52. The van der Waals surface area contributed by atoms with Crippen LogP contribution in [0.4, 0.5) is 5.95 Å². The zero-order chi connectivity index (χ0) is 22.8. The van der Waals surface area contributed by atoms with Gasteiger partial charge >= 0.3 is 0 Å². The standard InChI is InChI=1S/C24H25BrN4O3/c1-5-31-20-11-18(10-19(25)23(20)32-12-17-8-6-7-14(2)9-17)22-21(16(4)30)15(3)28-24-26-13-27-29(22)24/h6-11,13,22H,5,12H2,1-4H3,(H,26,27,28). The van der Waals surface area contributed by atoms with Crippen molar-refractivity contribution < 1.29 is 14.3 Å². The minimum absolute atomic E-state index is 0.0324. The molecule has 8 heteroatoms. The summed E-state index contributed by atoms with van der Waals surface area (Å²) >= 11 is 3.66. The Morgan fingerprint density at radius 2 is 2.03 bits per heavy atom. The average Bonchev–Trinajstić information content (AvgIpc) is 3.20. The van der Waals surface area contributed by atoms with Crippen LogP contribution in [0.1, 0.15) is 43.5 Å². The molecule has 1 N–H and O–H groups in total. The number of halogens is 1. The molecule has 1 aliphatic heterocycles. The summed E-state index contributed by atoms with van der Waals surface area (Å²) in [4.78, 5) is 16.8. The monoisotopic (exact) mass is 496 g/mol. The third-order valence-corrected chi connectivity index (χ3v) is 5.88. The van der Waals surface area contributed by atoms with Gasteiger partial charge in [-0.2, -0.15) is 10.1 Å². The Morgan fingerprint density at radius 1 is 1.22 bits per heavy atom. The van der Waals surface area contributed by atoms with E-state index in [1.165, 1.54) is 11.9 Å². The number of Topliss-reactive ketones (excluding diaryl/α,β-unsaturated/α-hetero) is 1. The second kappa shape index (κ2) is 9.16. The fourth-order valence-corrected chi connectivity index (χ4v) is 4.54. The first-order valence-corrected chi connectivity index (χ1v) is 11.2. The van der Waals surface area contributed by atoms with Crippen molar-refractivity contribution in [1.82, 2.24) is 14.8 Å². The number of anilines is 1. The average molecular weight is 497 g/mol. The van der Waals surface area contributed by atoms with Crippen LogP contribution >= 0.6 is 15.9 Å². The molecule has 32 heavy (non-hydrogen) atoms. The van der Waals surface area contributed by atoms with Crippen LogP contribution in [0.3, 0.4) is 0 Å². The number of carbonyl (C=O) groups is 1. The van der Waals surface area contributed by atoms with Crippen molar-refractivity contribution in [2.45, 2.75) is 40.3 Å². The van der Waals surface area contributed by atoms with E-state index in [1.807, 2.05) is 38.1 Å². The Bertz CT molecular complexity index is 1200. The molecule has 0 fully saturated rings. The first-order chi connectivity index (χ1) is 15.4. The van der Waals surface area contributed by atoms with Crippen molar-refractivity contribution in [2.24, 2.45) is 0 Å². The lowest BCUT2D eigenvalue weighted by atomic mass is 9.93. The fourth-order valence-electron chi connectivity index (χ4n) is 3.96. The first-order valence-electron chi connectivity index (χ1n) is 10.4. The Labute approximate surface area is 195 Å². The summed E-state index contributed by atoms with van der Waals surface area (Å²) in [5.41, 5.74) is 4.49. The molecule has 1 aromatic heterocycles. The lowest BCUT2D eigenvalue weighted by Gasteiger charge is -2.29. The second-order valence-electron chi connectivity index (χ2n) is 7.69. The molecule has 0 amide bonds. The van der Waals surface area contributed by atoms with Gasteiger partial charge in [0.05, 0.1) is 11.1 Å². The third kappa shape index (κ3) is 4.27. The molecule has 3 aromatic rings. The van der Waals surface area contributed by atoms with Crippen LogP contribution < -0.4 is 14.8 Å². The lowest BCUT2D eigenvalue weighted by molar-refractivity contribution is -0.114. The molecule has 7 nitrogen and oxygen atoms in total. The van der Waals surface area contributed by atoms with Crippen LogP contribution in [-0.2, 0) is 11.4 Å². The van der Waals surface area contributed by atoms with E-state index in [0.29, 0.717) is 36.2 Å². The van der Waals surface area contributed by atoms with E-state index < -0.39 is 6.04 Å². The molecular weight excluding hydrogens is 472 g/mol. The Morgan fingerprint density at radius 3 is 2.75 bits per heavy atom. The smallest absolute Gasteiger partial charge is 0.226 e. The quantitative estimate of drug-likeness (QED) is 0.483. The topological polar surface area (TPSA) is 78.3 Å². The molecule has 0 aliphatic carbocycles. The summed E-state index contributed by atoms with van der Waals surface area (Å²) in [6.07, 6.45) is 1.48. The number of hydrogen-bond acceptors (Lipinski definition) is 6. The third-order valence-electron chi connectivity index (χ3n) is 5.29. The van der Waals surface area contributed by atoms with Crippen molar-refractivity contribution >= 4 is 27.7 Å². The van der Waals surface area contributed by atoms with Gasteiger partial charge < -0.3 is 14.8 Å². The molecule has 0 radical (unpaired) electrons. The molecule has 0 spiro atoms. The number of nitrogens with one attached hydrogen (secondary N) is 1. The number of ketones is 1. The highest BCUT2D eigenvalue weighted by atomic mass is 79.9. The maximum Gasteiger partial charge on any atom is 0.226 e. The van der Waals surface area contributed by atoms with E-state index in [4.69, 9.17) is 9.47 Å². The lowest BCUT2D eigenvalue weighted by Crippen LogP contribution is -2.27. The molecular formula is C24H25BrN4O3. The second-order valence-corrected chi connectivity index (χ2v) is 8.55. The normalized spacial score (nSPS) is 15.2. The van der Waals surface area contributed by atoms with Gasteiger partial charge in [-0.05, 0) is 66.9 Å². The Balaban J connectivity index is 1.75. The van der Waals surface area contributed by atoms with Crippen LogP contribution in [-0.4, -0.2) is 27.2 Å². The molecule has 2 aromatic carbocycles. The summed E-state index contributed by atoms with van der Waals surface area (Å²) in [6.45, 7) is 8.31. The summed E-state index contributed by atoms with van der Waals surface area (Å²) < 4.78 is 14.6.